The van der Waals surface area contributed by atoms with E-state index in [1.807, 2.05) is 109 Å². The first-order chi connectivity index (χ1) is 49.7. The molecule has 5 aromatic heterocycles. The molecule has 107 heavy (non-hydrogen) atoms. The Bertz CT molecular complexity index is 4610. The molecular weight excluding hydrogens is 1670 g/mol. The van der Waals surface area contributed by atoms with Gasteiger partial charge >= 0.3 is 196 Å². The summed E-state index contributed by atoms with van der Waals surface area (Å²) >= 11 is 47.8. The van der Waals surface area contributed by atoms with E-state index in [-0.39, 0.29) is 61.8 Å². The van der Waals surface area contributed by atoms with Gasteiger partial charge in [0.15, 0.2) is 0 Å². The number of alkyl halides is 3. The Hall–Kier alpha value is 0.988. The minimum absolute atomic E-state index is 0. The second kappa shape index (κ2) is 50.0. The molecule has 5 heterocycles. The van der Waals surface area contributed by atoms with Crippen molar-refractivity contribution < 1.29 is 32.3 Å². The van der Waals surface area contributed by atoms with Gasteiger partial charge in [-0.15, -0.1) is 6.42 Å². The third-order valence-electron chi connectivity index (χ3n) is 17.0. The third-order valence-corrected chi connectivity index (χ3v) is 18.8. The molecule has 33 heteroatoms. The zero-order valence-electron chi connectivity index (χ0n) is 57.9. The molecule has 0 unspecified atom stereocenters. The molecule has 0 atom stereocenters. The summed E-state index contributed by atoms with van der Waals surface area (Å²) in [6.07, 6.45) is 19.3. The number of aryl methyl sites for hydroxylation is 4. The van der Waals surface area contributed by atoms with Crippen molar-refractivity contribution in [1.29, 1.82) is 0 Å². The van der Waals surface area contributed by atoms with Gasteiger partial charge < -0.3 is 22.9 Å². The molecule has 0 bridgehead atoms. The fourth-order valence-electron chi connectivity index (χ4n) is 11.1. The maximum absolute atomic E-state index is 12.0. The number of terminal acetylenes is 1. The number of amides is 4. The number of benzene rings is 4. The number of carbonyl (C=O) groups excluding carboxylic acids is 4. The molecule has 17 nitrogen and oxygen atoms in total. The van der Waals surface area contributed by atoms with Crippen molar-refractivity contribution in [3.8, 4) is 24.2 Å². The number of nitrogens with zero attached hydrogens (tertiary/aromatic N) is 9. The van der Waals surface area contributed by atoms with Gasteiger partial charge in [-0.1, -0.05) is 172 Å². The van der Waals surface area contributed by atoms with Gasteiger partial charge in [0.25, 0.3) is 0 Å². The normalized spacial score (nSPS) is 13.8. The van der Waals surface area contributed by atoms with Crippen LogP contribution in [-0.4, -0.2) is 258 Å². The fraction of sp³-hybridized carbons (Fsp3) is 0.284. The Labute approximate surface area is 794 Å². The first-order valence-electron chi connectivity index (χ1n) is 33.3. The van der Waals surface area contributed by atoms with Crippen LogP contribution in [0.1, 0.15) is 152 Å². The van der Waals surface area contributed by atoms with E-state index >= 15 is 0 Å². The zero-order chi connectivity index (χ0) is 76.6. The number of rotatable bonds is 16. The average molecular weight is 1750 g/mol. The summed E-state index contributed by atoms with van der Waals surface area (Å²) in [7, 11) is 0. The van der Waals surface area contributed by atoms with Crippen molar-refractivity contribution in [1.82, 2.24) is 44.9 Å². The monoisotopic (exact) mass is 1740 g/mol. The van der Waals surface area contributed by atoms with E-state index in [9.17, 15) is 32.3 Å². The van der Waals surface area contributed by atoms with E-state index in [1.165, 1.54) is 202 Å². The molecule has 4 aliphatic rings. The molecule has 0 aliphatic heterocycles. The number of halogens is 10. The number of hydrogen-bond acceptors (Lipinski definition) is 13. The Morgan fingerprint density at radius 2 is 0.832 bits per heavy atom. The van der Waals surface area contributed by atoms with Crippen LogP contribution >= 0.6 is 81.2 Å². The molecule has 4 amide bonds. The van der Waals surface area contributed by atoms with Crippen molar-refractivity contribution in [3.63, 3.8) is 0 Å². The van der Waals surface area contributed by atoms with Crippen molar-refractivity contribution in [2.24, 2.45) is 22.9 Å². The van der Waals surface area contributed by atoms with Crippen LogP contribution in [0.5, 0.6) is 0 Å². The summed E-state index contributed by atoms with van der Waals surface area (Å²) in [5.74, 6) is 8.13. The van der Waals surface area contributed by atoms with Crippen LogP contribution in [0.2, 0.25) is 36.1 Å². The van der Waals surface area contributed by atoms with Crippen LogP contribution in [0.15, 0.2) is 146 Å². The molecule has 4 saturated carbocycles. The topological polar surface area (TPSA) is 288 Å². The molecule has 9 aromatic rings. The van der Waals surface area contributed by atoms with E-state index in [1.54, 1.807) is 12.4 Å². The number of nitrogens with two attached hydrogens (primary N) is 4. The molecule has 4 aromatic carbocycles. The average Bonchev–Trinajstić information content (AvgIpc) is 1.62. The van der Waals surface area contributed by atoms with Gasteiger partial charge in [-0.2, -0.15) is 13.2 Å². The fourth-order valence-corrected chi connectivity index (χ4v) is 12.3. The van der Waals surface area contributed by atoms with E-state index in [2.05, 4.69) is 68.7 Å². The predicted molar refractivity (Wildman–Crippen MR) is 425 cm³/mol. The van der Waals surface area contributed by atoms with Gasteiger partial charge in [0.2, 0.25) is 39.5 Å². The van der Waals surface area contributed by atoms with Gasteiger partial charge in [0.1, 0.15) is 22.2 Å². The van der Waals surface area contributed by atoms with Gasteiger partial charge in [-0.3, -0.25) is 24.2 Å². The van der Waals surface area contributed by atoms with Gasteiger partial charge in [0, 0.05) is 42.3 Å². The van der Waals surface area contributed by atoms with Gasteiger partial charge in [-0.05, 0) is 175 Å². The number of carbonyl (C=O) groups is 4. The number of primary amides is 4. The van der Waals surface area contributed by atoms with Crippen molar-refractivity contribution in [2.45, 2.75) is 134 Å². The first-order valence-corrected chi connectivity index (χ1v) is 83.9. The SMILES string of the molecule is C.C.C.C#Cc1ccccc1C1(C(N)=O)CC1.FC(F)(F)c1cnc(Cl)nc1Cl.NC(=O)C1(c2ccccc2C#Cc2nc(Cl)ncc2Cl)CC1.NC(=O)C1(c2ccccc2CCc2nc(Cc3cccnc3)ncc2Cl)CC1.NC(=O)C1(c2ccccc2CCc2nc(Cl)ncc2Cl)CC1.[K][K].[K][K].[K][K]. The zero-order valence-corrected chi connectivity index (χ0v) is 81.9. The van der Waals surface area contributed by atoms with Gasteiger partial charge in [-0.25, -0.2) is 39.9 Å². The Morgan fingerprint density at radius 1 is 0.449 bits per heavy atom. The molecule has 532 valence electrons. The predicted octanol–water partition coefficient (Wildman–Crippen LogP) is 12.8. The second-order valence-corrected chi connectivity index (χ2v) is 25.9. The molecular formula is C74H71Cl7F3K6N13O4. The molecule has 0 radical (unpaired) electrons. The summed E-state index contributed by atoms with van der Waals surface area (Å²) in [5, 5.41) is 0.642. The third kappa shape index (κ3) is 29.5. The van der Waals surface area contributed by atoms with E-state index in [0.29, 0.717) is 51.9 Å². The van der Waals surface area contributed by atoms with Crippen molar-refractivity contribution in [2.75, 3.05) is 0 Å². The van der Waals surface area contributed by atoms with E-state index in [0.717, 1.165) is 126 Å². The quantitative estimate of drug-likeness (QED) is 0.0303. The molecule has 13 rings (SSSR count). The Morgan fingerprint density at radius 3 is 1.26 bits per heavy atom. The minimum atomic E-state index is -4.54. The van der Waals surface area contributed by atoms with Crippen LogP contribution in [0, 0.1) is 24.2 Å². The number of aromatic nitrogens is 9. The van der Waals surface area contributed by atoms with Crippen LogP contribution < -0.4 is 22.9 Å². The number of pyridine rings is 1. The van der Waals surface area contributed by atoms with Crippen LogP contribution in [0.4, 0.5) is 13.2 Å². The molecule has 4 aliphatic carbocycles. The van der Waals surface area contributed by atoms with Crippen LogP contribution in [0.3, 0.4) is 0 Å². The molecule has 0 spiro atoms. The van der Waals surface area contributed by atoms with Crippen molar-refractivity contribution >= 4 is 294 Å². The Balaban J connectivity index is 0.000000347. The summed E-state index contributed by atoms with van der Waals surface area (Å²) in [6.45, 7) is 0. The van der Waals surface area contributed by atoms with E-state index < -0.39 is 38.6 Å². The summed E-state index contributed by atoms with van der Waals surface area (Å²) in [5.41, 5.74) is 29.6. The molecule has 8 N–H and O–H groups in total. The summed E-state index contributed by atoms with van der Waals surface area (Å²) < 4.78 is 35.9. The Kier molecular flexibility index (Phi) is 47.8. The maximum atomic E-state index is 12.0. The molecule has 4 fully saturated rings. The summed E-state index contributed by atoms with van der Waals surface area (Å²) in [4.78, 5) is 82.0. The second-order valence-electron chi connectivity index (χ2n) is 23.3. The number of hydrogen-bond donors (Lipinski definition) is 4. The van der Waals surface area contributed by atoms with Crippen molar-refractivity contribution in [3.05, 3.63) is 261 Å². The molecule has 0 saturated heterocycles. The standard InChI is InChI=1S/C22H21ClN4O.C16H15Cl2N3O.C16H11Cl2N3O.C12H11NO.C5HCl2F3N2.3CH4.6K/c23-18-14-26-20(12-15-4-3-11-25-13-15)27-19(18)8-7-16-5-1-2-6-17(16)22(9-10-22)21(24)28;2*17-12-9-20-15(18)21-13(12)6-5-10-3-1-2-4-11(10)16(7-8-16)14(19)22;1-2-9-5-3-4-6-10(9)12(7-8-12)11(13)14;6-3-2(5(8,9)10)1-11-4(7)12-3;;;;;;;;;/h1-6,11,13-14H,7-10,12H2,(H2,24,28);1-4,9H,5-8H2,(H2,19,22);1-4,9H,7-8H2,(H2,19,22);1,3-6H,7-8H2,(H2,13,14);1H;3*1H4;;;;;;. The summed E-state index contributed by atoms with van der Waals surface area (Å²) in [6, 6.07) is 34.8. The van der Waals surface area contributed by atoms with Crippen LogP contribution in [0.25, 0.3) is 0 Å². The van der Waals surface area contributed by atoms with Gasteiger partial charge in [0.05, 0.1) is 60.5 Å². The first kappa shape index (κ1) is 102. The van der Waals surface area contributed by atoms with E-state index in [4.69, 9.17) is 111 Å². The van der Waals surface area contributed by atoms with Crippen LogP contribution in [-0.2, 0) is 79.1 Å².